The summed E-state index contributed by atoms with van der Waals surface area (Å²) in [4.78, 5) is 2.52. The molecule has 0 atom stereocenters. The Morgan fingerprint density at radius 2 is 1.68 bits per heavy atom. The lowest BCUT2D eigenvalue weighted by molar-refractivity contribution is 0.584. The van der Waals surface area contributed by atoms with Crippen LogP contribution < -0.4 is 4.83 Å². The van der Waals surface area contributed by atoms with Crippen LogP contribution in [0.5, 0.6) is 0 Å². The number of nitrogens with zero attached hydrogens (tertiary/aromatic N) is 1. The minimum atomic E-state index is -3.60. The zero-order valence-corrected chi connectivity index (χ0v) is 13.2. The van der Waals surface area contributed by atoms with E-state index in [0.29, 0.717) is 0 Å². The van der Waals surface area contributed by atoms with Gasteiger partial charge >= 0.3 is 0 Å². The summed E-state index contributed by atoms with van der Waals surface area (Å²) in [5.74, 6) is 0. The van der Waals surface area contributed by atoms with E-state index in [9.17, 15) is 8.42 Å². The van der Waals surface area contributed by atoms with Crippen LogP contribution in [0.25, 0.3) is 0 Å². The lowest BCUT2D eigenvalue weighted by atomic mass is 9.98. The Kier molecular flexibility index (Phi) is 3.74. The molecule has 22 heavy (non-hydrogen) atoms. The second kappa shape index (κ2) is 5.57. The van der Waals surface area contributed by atoms with Gasteiger partial charge in [-0.15, -0.1) is 0 Å². The first-order chi connectivity index (χ1) is 10.5. The molecule has 0 amide bonds. The molecule has 3 rings (SSSR count). The molecule has 0 unspecified atom stereocenters. The maximum absolute atomic E-state index is 12.2. The zero-order chi connectivity index (χ0) is 15.6. The van der Waals surface area contributed by atoms with E-state index in [1.807, 2.05) is 37.3 Å². The fraction of sp³-hybridized carbons (Fsp3) is 0.235. The molecule has 114 valence electrons. The topological polar surface area (TPSA) is 58.5 Å². The summed E-state index contributed by atoms with van der Waals surface area (Å²) in [6.45, 7) is 1.92. The number of sulfonamides is 1. The maximum Gasteiger partial charge on any atom is 0.276 e. The van der Waals surface area contributed by atoms with Gasteiger partial charge in [0, 0.05) is 11.6 Å². The van der Waals surface area contributed by atoms with Crippen LogP contribution in [-0.4, -0.2) is 14.6 Å². The number of hydrogen-bond acceptors (Lipinski definition) is 3. The third-order valence-corrected chi connectivity index (χ3v) is 5.19. The first-order valence-electron chi connectivity index (χ1n) is 7.20. The van der Waals surface area contributed by atoms with Crippen LogP contribution in [0.4, 0.5) is 0 Å². The van der Waals surface area contributed by atoms with Gasteiger partial charge in [-0.05, 0) is 37.5 Å². The van der Waals surface area contributed by atoms with Gasteiger partial charge in [-0.1, -0.05) is 48.0 Å². The molecule has 4 nitrogen and oxygen atoms in total. The standard InChI is InChI=1S/C17H18N2O2S/c1-14-7-9-16(10-8-14)22(20,21)19-18-13-17(11-12-17)15-5-3-2-4-6-15/h2-10,13,19H,11-12H2,1H3/b18-13+. The second-order valence-corrected chi connectivity index (χ2v) is 7.35. The van der Waals surface area contributed by atoms with Crippen molar-refractivity contribution in [1.82, 2.24) is 4.83 Å². The average molecular weight is 314 g/mol. The van der Waals surface area contributed by atoms with Crippen LogP contribution in [0.15, 0.2) is 64.6 Å². The van der Waals surface area contributed by atoms with E-state index in [-0.39, 0.29) is 10.3 Å². The molecule has 1 saturated carbocycles. The highest BCUT2D eigenvalue weighted by Crippen LogP contribution is 2.46. The molecular weight excluding hydrogens is 296 g/mol. The van der Waals surface area contributed by atoms with Crippen molar-refractivity contribution in [2.24, 2.45) is 5.10 Å². The summed E-state index contributed by atoms with van der Waals surface area (Å²) < 4.78 is 24.3. The highest BCUT2D eigenvalue weighted by atomic mass is 32.2. The summed E-state index contributed by atoms with van der Waals surface area (Å²) in [5.41, 5.74) is 2.08. The van der Waals surface area contributed by atoms with Crippen molar-refractivity contribution in [3.63, 3.8) is 0 Å². The van der Waals surface area contributed by atoms with Crippen molar-refractivity contribution in [2.45, 2.75) is 30.1 Å². The van der Waals surface area contributed by atoms with E-state index in [4.69, 9.17) is 0 Å². The number of benzene rings is 2. The molecule has 0 saturated heterocycles. The Bertz CT molecular complexity index is 777. The Morgan fingerprint density at radius 3 is 2.27 bits per heavy atom. The molecule has 0 aliphatic heterocycles. The molecule has 1 aliphatic carbocycles. The summed E-state index contributed by atoms with van der Waals surface area (Å²) in [5, 5.41) is 3.99. The predicted molar refractivity (Wildman–Crippen MR) is 87.3 cm³/mol. The third kappa shape index (κ3) is 3.04. The highest BCUT2D eigenvalue weighted by molar-refractivity contribution is 7.89. The SMILES string of the molecule is Cc1ccc(S(=O)(=O)N/N=C/C2(c3ccccc3)CC2)cc1. The van der Waals surface area contributed by atoms with Gasteiger partial charge in [-0.3, -0.25) is 0 Å². The van der Waals surface area contributed by atoms with Gasteiger partial charge in [0.1, 0.15) is 0 Å². The second-order valence-electron chi connectivity index (χ2n) is 5.69. The monoisotopic (exact) mass is 314 g/mol. The predicted octanol–water partition coefficient (Wildman–Crippen LogP) is 2.99. The molecule has 1 aliphatic rings. The number of nitrogens with one attached hydrogen (secondary N) is 1. The summed E-state index contributed by atoms with van der Waals surface area (Å²) in [6.07, 6.45) is 3.70. The molecular formula is C17H18N2O2S. The maximum atomic E-state index is 12.2. The number of hydrazone groups is 1. The molecule has 1 N–H and O–H groups in total. The van der Waals surface area contributed by atoms with Crippen molar-refractivity contribution < 1.29 is 8.42 Å². The lowest BCUT2D eigenvalue weighted by Gasteiger charge is -2.09. The minimum Gasteiger partial charge on any atom is -0.200 e. The van der Waals surface area contributed by atoms with E-state index in [1.54, 1.807) is 30.5 Å². The van der Waals surface area contributed by atoms with Crippen LogP contribution in [0.2, 0.25) is 0 Å². The first kappa shape index (κ1) is 14.8. The van der Waals surface area contributed by atoms with Crippen LogP contribution in [-0.2, 0) is 15.4 Å². The normalized spacial score (nSPS) is 16.6. The fourth-order valence-corrected chi connectivity index (χ4v) is 3.18. The van der Waals surface area contributed by atoms with Crippen molar-refractivity contribution in [3.8, 4) is 0 Å². The molecule has 0 spiro atoms. The molecule has 1 fully saturated rings. The van der Waals surface area contributed by atoms with Gasteiger partial charge in [-0.2, -0.15) is 13.5 Å². The van der Waals surface area contributed by atoms with Gasteiger partial charge in [-0.25, -0.2) is 4.83 Å². The molecule has 0 bridgehead atoms. The molecule has 0 radical (unpaired) electrons. The Morgan fingerprint density at radius 1 is 1.05 bits per heavy atom. The van der Waals surface area contributed by atoms with E-state index < -0.39 is 10.0 Å². The summed E-state index contributed by atoms with van der Waals surface area (Å²) >= 11 is 0. The number of rotatable bonds is 5. The lowest BCUT2D eigenvalue weighted by Crippen LogP contribution is -2.20. The van der Waals surface area contributed by atoms with Crippen molar-refractivity contribution in [1.29, 1.82) is 0 Å². The van der Waals surface area contributed by atoms with Gasteiger partial charge in [0.25, 0.3) is 10.0 Å². The van der Waals surface area contributed by atoms with Crippen molar-refractivity contribution in [3.05, 3.63) is 65.7 Å². The quantitative estimate of drug-likeness (QED) is 0.681. The fourth-order valence-electron chi connectivity index (χ4n) is 2.39. The number of hydrogen-bond donors (Lipinski definition) is 1. The largest absolute Gasteiger partial charge is 0.276 e. The summed E-state index contributed by atoms with van der Waals surface area (Å²) in [7, 11) is -3.60. The van der Waals surface area contributed by atoms with Crippen LogP contribution >= 0.6 is 0 Å². The van der Waals surface area contributed by atoms with E-state index >= 15 is 0 Å². The van der Waals surface area contributed by atoms with Gasteiger partial charge in [0.05, 0.1) is 4.90 Å². The van der Waals surface area contributed by atoms with Crippen molar-refractivity contribution >= 4 is 16.2 Å². The zero-order valence-electron chi connectivity index (χ0n) is 12.4. The van der Waals surface area contributed by atoms with Gasteiger partial charge in [0.15, 0.2) is 0 Å². The molecule has 5 heteroatoms. The average Bonchev–Trinajstić information content (AvgIpc) is 3.29. The van der Waals surface area contributed by atoms with Crippen molar-refractivity contribution in [2.75, 3.05) is 0 Å². The summed E-state index contributed by atoms with van der Waals surface area (Å²) in [6, 6.07) is 16.7. The molecule has 0 heterocycles. The van der Waals surface area contributed by atoms with E-state index in [2.05, 4.69) is 9.93 Å². The minimum absolute atomic E-state index is 0.114. The number of aryl methyl sites for hydroxylation is 1. The molecule has 2 aromatic rings. The van der Waals surface area contributed by atoms with E-state index in [0.717, 1.165) is 18.4 Å². The Labute approximate surface area is 130 Å². The third-order valence-electron chi connectivity index (χ3n) is 3.95. The Balaban J connectivity index is 1.73. The van der Waals surface area contributed by atoms with Crippen LogP contribution in [0.3, 0.4) is 0 Å². The Hall–Kier alpha value is -2.14. The van der Waals surface area contributed by atoms with Gasteiger partial charge < -0.3 is 0 Å². The smallest absolute Gasteiger partial charge is 0.200 e. The van der Waals surface area contributed by atoms with E-state index in [1.165, 1.54) is 5.56 Å². The van der Waals surface area contributed by atoms with Crippen LogP contribution in [0.1, 0.15) is 24.0 Å². The first-order valence-corrected chi connectivity index (χ1v) is 8.68. The molecule has 2 aromatic carbocycles. The van der Waals surface area contributed by atoms with Crippen LogP contribution in [0, 0.1) is 6.92 Å². The van der Waals surface area contributed by atoms with Gasteiger partial charge in [0.2, 0.25) is 0 Å². The highest BCUT2D eigenvalue weighted by Gasteiger charge is 2.42. The molecule has 0 aromatic heterocycles.